The Labute approximate surface area is 84.1 Å². The predicted molar refractivity (Wildman–Crippen MR) is 50.8 cm³/mol. The first-order valence-electron chi connectivity index (χ1n) is 3.89. The standard InChI is InChI=1S/C9H10BrFO2/c10-7-5-6(1-2-8(7)11)9(13)3-4-12/h1-2,5,9,12-13H,3-4H2. The van der Waals surface area contributed by atoms with Crippen molar-refractivity contribution in [1.82, 2.24) is 0 Å². The van der Waals surface area contributed by atoms with Crippen molar-refractivity contribution in [2.45, 2.75) is 12.5 Å². The van der Waals surface area contributed by atoms with Crippen LogP contribution in [-0.4, -0.2) is 16.8 Å². The summed E-state index contributed by atoms with van der Waals surface area (Å²) >= 11 is 3.02. The molecule has 0 heterocycles. The van der Waals surface area contributed by atoms with Crippen molar-refractivity contribution in [3.63, 3.8) is 0 Å². The van der Waals surface area contributed by atoms with Gasteiger partial charge in [-0.1, -0.05) is 6.07 Å². The van der Waals surface area contributed by atoms with Crippen molar-refractivity contribution in [2.24, 2.45) is 0 Å². The van der Waals surface area contributed by atoms with Crippen LogP contribution in [0.1, 0.15) is 18.1 Å². The van der Waals surface area contributed by atoms with Crippen molar-refractivity contribution < 1.29 is 14.6 Å². The zero-order chi connectivity index (χ0) is 9.84. The molecule has 1 atom stereocenters. The monoisotopic (exact) mass is 248 g/mol. The largest absolute Gasteiger partial charge is 0.396 e. The van der Waals surface area contributed by atoms with Crippen LogP contribution < -0.4 is 0 Å². The van der Waals surface area contributed by atoms with Crippen LogP contribution in [0.3, 0.4) is 0 Å². The summed E-state index contributed by atoms with van der Waals surface area (Å²) < 4.78 is 13.1. The summed E-state index contributed by atoms with van der Waals surface area (Å²) in [6, 6.07) is 4.29. The summed E-state index contributed by atoms with van der Waals surface area (Å²) in [6.45, 7) is -0.0871. The number of aliphatic hydroxyl groups excluding tert-OH is 2. The predicted octanol–water partition coefficient (Wildman–Crippen LogP) is 2.00. The number of halogens is 2. The van der Waals surface area contributed by atoms with E-state index in [1.54, 1.807) is 0 Å². The molecule has 2 N–H and O–H groups in total. The van der Waals surface area contributed by atoms with Crippen LogP contribution >= 0.6 is 15.9 Å². The van der Waals surface area contributed by atoms with Gasteiger partial charge >= 0.3 is 0 Å². The zero-order valence-corrected chi connectivity index (χ0v) is 8.46. The average Bonchev–Trinajstić information content (AvgIpc) is 2.10. The molecule has 0 fully saturated rings. The van der Waals surface area contributed by atoms with Gasteiger partial charge in [0.05, 0.1) is 10.6 Å². The van der Waals surface area contributed by atoms with Crippen LogP contribution in [0, 0.1) is 5.82 Å². The first-order chi connectivity index (χ1) is 6.15. The molecule has 13 heavy (non-hydrogen) atoms. The number of benzene rings is 1. The molecule has 4 heteroatoms. The second-order valence-electron chi connectivity index (χ2n) is 2.70. The van der Waals surface area contributed by atoms with Gasteiger partial charge in [-0.05, 0) is 33.6 Å². The van der Waals surface area contributed by atoms with Crippen molar-refractivity contribution in [3.05, 3.63) is 34.1 Å². The maximum Gasteiger partial charge on any atom is 0.137 e. The van der Waals surface area contributed by atoms with Gasteiger partial charge in [0.15, 0.2) is 0 Å². The van der Waals surface area contributed by atoms with Gasteiger partial charge in [-0.25, -0.2) is 4.39 Å². The van der Waals surface area contributed by atoms with Gasteiger partial charge in [-0.3, -0.25) is 0 Å². The van der Waals surface area contributed by atoms with Crippen LogP contribution in [0.5, 0.6) is 0 Å². The fraction of sp³-hybridized carbons (Fsp3) is 0.333. The molecule has 0 aliphatic rings. The Hall–Kier alpha value is -0.450. The minimum atomic E-state index is -0.734. The zero-order valence-electron chi connectivity index (χ0n) is 6.87. The molecule has 0 saturated heterocycles. The summed E-state index contributed by atoms with van der Waals surface area (Å²) in [5.41, 5.74) is 0.599. The minimum absolute atomic E-state index is 0.0871. The number of hydrogen-bond donors (Lipinski definition) is 2. The highest BCUT2D eigenvalue weighted by atomic mass is 79.9. The van der Waals surface area contributed by atoms with E-state index in [-0.39, 0.29) is 18.8 Å². The quantitative estimate of drug-likeness (QED) is 0.860. The van der Waals surface area contributed by atoms with Gasteiger partial charge < -0.3 is 10.2 Å². The molecule has 0 aromatic heterocycles. The Morgan fingerprint density at radius 1 is 1.46 bits per heavy atom. The highest BCUT2D eigenvalue weighted by Crippen LogP contribution is 2.22. The van der Waals surface area contributed by atoms with Crippen LogP contribution in [-0.2, 0) is 0 Å². The summed E-state index contributed by atoms with van der Waals surface area (Å²) in [6.07, 6.45) is -0.472. The van der Waals surface area contributed by atoms with Gasteiger partial charge in [0.25, 0.3) is 0 Å². The molecular weight excluding hydrogens is 239 g/mol. The molecule has 2 nitrogen and oxygen atoms in total. The molecular formula is C9H10BrFO2. The Morgan fingerprint density at radius 3 is 2.69 bits per heavy atom. The lowest BCUT2D eigenvalue weighted by molar-refractivity contribution is 0.134. The van der Waals surface area contributed by atoms with E-state index in [9.17, 15) is 9.50 Å². The lowest BCUT2D eigenvalue weighted by atomic mass is 10.1. The first-order valence-corrected chi connectivity index (χ1v) is 4.68. The minimum Gasteiger partial charge on any atom is -0.396 e. The van der Waals surface area contributed by atoms with E-state index < -0.39 is 6.10 Å². The van der Waals surface area contributed by atoms with Crippen LogP contribution in [0.25, 0.3) is 0 Å². The lowest BCUT2D eigenvalue weighted by Crippen LogP contribution is -2.00. The molecule has 1 aromatic carbocycles. The lowest BCUT2D eigenvalue weighted by Gasteiger charge is -2.09. The molecule has 0 aliphatic carbocycles. The third-order valence-electron chi connectivity index (χ3n) is 1.73. The van der Waals surface area contributed by atoms with Crippen molar-refractivity contribution in [1.29, 1.82) is 0 Å². The Morgan fingerprint density at radius 2 is 2.15 bits per heavy atom. The molecule has 0 bridgehead atoms. The summed E-state index contributed by atoms with van der Waals surface area (Å²) in [5, 5.41) is 18.0. The topological polar surface area (TPSA) is 40.5 Å². The highest BCUT2D eigenvalue weighted by Gasteiger charge is 2.08. The molecule has 0 radical (unpaired) electrons. The van der Waals surface area contributed by atoms with E-state index in [0.717, 1.165) is 0 Å². The second kappa shape index (κ2) is 4.69. The van der Waals surface area contributed by atoms with Gasteiger partial charge in [0.2, 0.25) is 0 Å². The van der Waals surface area contributed by atoms with Gasteiger partial charge in [-0.15, -0.1) is 0 Å². The van der Waals surface area contributed by atoms with Crippen LogP contribution in [0.2, 0.25) is 0 Å². The molecule has 1 rings (SSSR count). The molecule has 0 aliphatic heterocycles. The van der Waals surface area contributed by atoms with Gasteiger partial charge in [0.1, 0.15) is 5.82 Å². The third kappa shape index (κ3) is 2.76. The van der Waals surface area contributed by atoms with Crippen LogP contribution in [0.4, 0.5) is 4.39 Å². The normalized spacial score (nSPS) is 12.9. The van der Waals surface area contributed by atoms with E-state index in [4.69, 9.17) is 5.11 Å². The third-order valence-corrected chi connectivity index (χ3v) is 2.34. The fourth-order valence-corrected chi connectivity index (χ4v) is 1.41. The highest BCUT2D eigenvalue weighted by molar-refractivity contribution is 9.10. The number of rotatable bonds is 3. The van der Waals surface area contributed by atoms with Crippen LogP contribution in [0.15, 0.2) is 22.7 Å². The molecule has 72 valence electrons. The number of aliphatic hydroxyl groups is 2. The summed E-state index contributed by atoms with van der Waals surface area (Å²) in [7, 11) is 0. The summed E-state index contributed by atoms with van der Waals surface area (Å²) in [4.78, 5) is 0. The summed E-state index contributed by atoms with van der Waals surface area (Å²) in [5.74, 6) is -0.361. The van der Waals surface area contributed by atoms with Gasteiger partial charge in [0, 0.05) is 13.0 Å². The maximum atomic E-state index is 12.8. The molecule has 0 spiro atoms. The molecule has 0 amide bonds. The van der Waals surface area contributed by atoms with Crippen molar-refractivity contribution in [2.75, 3.05) is 6.61 Å². The fourth-order valence-electron chi connectivity index (χ4n) is 1.01. The van der Waals surface area contributed by atoms with Crippen molar-refractivity contribution in [3.8, 4) is 0 Å². The first kappa shape index (κ1) is 10.6. The maximum absolute atomic E-state index is 12.8. The number of hydrogen-bond acceptors (Lipinski definition) is 2. The van der Waals surface area contributed by atoms with E-state index in [1.165, 1.54) is 18.2 Å². The SMILES string of the molecule is OCCC(O)c1ccc(F)c(Br)c1. The van der Waals surface area contributed by atoms with Crippen molar-refractivity contribution >= 4 is 15.9 Å². The smallest absolute Gasteiger partial charge is 0.137 e. The Balaban J connectivity index is 2.84. The second-order valence-corrected chi connectivity index (χ2v) is 3.56. The molecule has 0 saturated carbocycles. The molecule has 1 aromatic rings. The molecule has 1 unspecified atom stereocenters. The Kier molecular flexibility index (Phi) is 3.84. The van der Waals surface area contributed by atoms with E-state index in [1.807, 2.05) is 0 Å². The van der Waals surface area contributed by atoms with E-state index in [2.05, 4.69) is 15.9 Å². The van der Waals surface area contributed by atoms with Gasteiger partial charge in [-0.2, -0.15) is 0 Å². The van der Waals surface area contributed by atoms with E-state index >= 15 is 0 Å². The average molecular weight is 249 g/mol. The van der Waals surface area contributed by atoms with E-state index in [0.29, 0.717) is 10.0 Å². The Bertz CT molecular complexity index is 291.